The first-order valence-corrected chi connectivity index (χ1v) is 7.53. The molecule has 3 heteroatoms. The van der Waals surface area contributed by atoms with E-state index in [0.717, 1.165) is 25.7 Å². The van der Waals surface area contributed by atoms with Gasteiger partial charge in [-0.2, -0.15) is 0 Å². The minimum absolute atomic E-state index is 0.362. The Morgan fingerprint density at radius 3 is 2.05 bits per heavy atom. The molecule has 0 amide bonds. The smallest absolute Gasteiger partial charge is 0.313 e. The topological polar surface area (TPSA) is 43.4 Å². The summed E-state index contributed by atoms with van der Waals surface area (Å²) in [6.45, 7) is 3.41. The number of hydrogen-bond acceptors (Lipinski definition) is 3. The molecule has 0 unspecified atom stereocenters. The molecule has 0 rings (SSSR count). The molecule has 3 nitrogen and oxygen atoms in total. The van der Waals surface area contributed by atoms with Crippen LogP contribution in [0.2, 0.25) is 0 Å². The first-order chi connectivity index (χ1) is 9.16. The van der Waals surface area contributed by atoms with Crippen LogP contribution in [0.1, 0.15) is 78.1 Å². The Bertz CT molecular complexity index is 269. The number of unbranched alkanes of at least 4 members (excludes halogenated alkanes) is 7. The summed E-state index contributed by atoms with van der Waals surface area (Å²) in [5.74, 6) is -0.905. The highest BCUT2D eigenvalue weighted by Gasteiger charge is 2.04. The number of hydrogen-bond donors (Lipinski definition) is 0. The van der Waals surface area contributed by atoms with Gasteiger partial charge in [-0.25, -0.2) is 0 Å². The summed E-state index contributed by atoms with van der Waals surface area (Å²) in [5.41, 5.74) is 0. The summed E-state index contributed by atoms with van der Waals surface area (Å²) < 4.78 is 4.46. The van der Waals surface area contributed by atoms with Gasteiger partial charge in [0.25, 0.3) is 0 Å². The zero-order valence-electron chi connectivity index (χ0n) is 12.5. The number of carbonyl (C=O) groups is 2. The van der Waals surface area contributed by atoms with Crippen molar-refractivity contribution < 1.29 is 14.3 Å². The van der Waals surface area contributed by atoms with Gasteiger partial charge in [-0.1, -0.05) is 51.2 Å². The van der Waals surface area contributed by atoms with Crippen molar-refractivity contribution in [3.63, 3.8) is 0 Å². The van der Waals surface area contributed by atoms with Crippen LogP contribution in [-0.4, -0.2) is 11.9 Å². The van der Waals surface area contributed by atoms with Gasteiger partial charge in [0, 0.05) is 13.3 Å². The van der Waals surface area contributed by atoms with Gasteiger partial charge in [-0.05, 0) is 25.7 Å². The Hall–Kier alpha value is -1.12. The Kier molecular flexibility index (Phi) is 12.5. The second kappa shape index (κ2) is 13.3. The van der Waals surface area contributed by atoms with Gasteiger partial charge in [0.15, 0.2) is 0 Å². The molecule has 0 saturated carbocycles. The lowest BCUT2D eigenvalue weighted by Crippen LogP contribution is -2.08. The van der Waals surface area contributed by atoms with Gasteiger partial charge in [-0.3, -0.25) is 9.59 Å². The van der Waals surface area contributed by atoms with Crippen LogP contribution in [0.15, 0.2) is 12.2 Å². The molecule has 0 aliphatic rings. The Morgan fingerprint density at radius 2 is 1.47 bits per heavy atom. The number of allylic oxidation sites excluding steroid dienone is 2. The highest BCUT2D eigenvalue weighted by molar-refractivity contribution is 5.83. The Morgan fingerprint density at radius 1 is 0.895 bits per heavy atom. The van der Waals surface area contributed by atoms with Crippen molar-refractivity contribution in [2.24, 2.45) is 0 Å². The zero-order chi connectivity index (χ0) is 14.3. The van der Waals surface area contributed by atoms with Gasteiger partial charge in [-0.15, -0.1) is 0 Å². The molecule has 0 aliphatic heterocycles. The molecule has 0 aromatic rings. The van der Waals surface area contributed by atoms with E-state index in [4.69, 9.17) is 0 Å². The van der Waals surface area contributed by atoms with Crippen LogP contribution in [0.5, 0.6) is 0 Å². The van der Waals surface area contributed by atoms with E-state index in [1.807, 2.05) is 0 Å². The van der Waals surface area contributed by atoms with Crippen molar-refractivity contribution >= 4 is 11.9 Å². The highest BCUT2D eigenvalue weighted by atomic mass is 16.6. The van der Waals surface area contributed by atoms with Gasteiger partial charge >= 0.3 is 11.9 Å². The van der Waals surface area contributed by atoms with Crippen molar-refractivity contribution in [2.75, 3.05) is 0 Å². The lowest BCUT2D eigenvalue weighted by molar-refractivity contribution is -0.158. The number of rotatable bonds is 11. The monoisotopic (exact) mass is 268 g/mol. The maximum Gasteiger partial charge on any atom is 0.313 e. The maximum atomic E-state index is 11.1. The fourth-order valence-electron chi connectivity index (χ4n) is 1.91. The van der Waals surface area contributed by atoms with E-state index in [1.54, 1.807) is 0 Å². The largest absolute Gasteiger partial charge is 0.393 e. The first kappa shape index (κ1) is 17.9. The molecule has 0 aromatic carbocycles. The number of carbonyl (C=O) groups excluding carboxylic acids is 2. The average Bonchev–Trinajstić information content (AvgIpc) is 2.35. The van der Waals surface area contributed by atoms with Crippen molar-refractivity contribution in [1.82, 2.24) is 0 Å². The van der Waals surface area contributed by atoms with Crippen LogP contribution in [0.25, 0.3) is 0 Å². The van der Waals surface area contributed by atoms with Crippen LogP contribution in [0.4, 0.5) is 0 Å². The Labute approximate surface area is 117 Å². The Balaban J connectivity index is 3.16. The van der Waals surface area contributed by atoms with E-state index in [9.17, 15) is 9.59 Å². The second-order valence-electron chi connectivity index (χ2n) is 4.86. The third kappa shape index (κ3) is 14.8. The highest BCUT2D eigenvalue weighted by Crippen LogP contribution is 2.10. The van der Waals surface area contributed by atoms with E-state index < -0.39 is 11.9 Å². The summed E-state index contributed by atoms with van der Waals surface area (Å²) in [6.07, 6.45) is 15.3. The van der Waals surface area contributed by atoms with Crippen LogP contribution >= 0.6 is 0 Å². The summed E-state index contributed by atoms with van der Waals surface area (Å²) >= 11 is 0. The third-order valence-corrected chi connectivity index (χ3v) is 2.91. The predicted molar refractivity (Wildman–Crippen MR) is 77.8 cm³/mol. The van der Waals surface area contributed by atoms with E-state index in [1.165, 1.54) is 39.0 Å². The van der Waals surface area contributed by atoms with Gasteiger partial charge in [0.05, 0.1) is 0 Å². The van der Waals surface area contributed by atoms with Crippen LogP contribution in [0.3, 0.4) is 0 Å². The van der Waals surface area contributed by atoms with Crippen molar-refractivity contribution in [3.8, 4) is 0 Å². The minimum Gasteiger partial charge on any atom is -0.393 e. The van der Waals surface area contributed by atoms with E-state index >= 15 is 0 Å². The van der Waals surface area contributed by atoms with Gasteiger partial charge in [0.1, 0.15) is 0 Å². The summed E-state index contributed by atoms with van der Waals surface area (Å²) in [5, 5.41) is 0. The van der Waals surface area contributed by atoms with Crippen molar-refractivity contribution in [1.29, 1.82) is 0 Å². The molecule has 19 heavy (non-hydrogen) atoms. The SMILES string of the molecule is CCC=CCCCCCCCCCC(=O)OC(C)=O. The molecule has 0 atom stereocenters. The number of ether oxygens (including phenoxy) is 1. The molecule has 0 bridgehead atoms. The van der Waals surface area contributed by atoms with E-state index in [0.29, 0.717) is 6.42 Å². The van der Waals surface area contributed by atoms with Crippen LogP contribution < -0.4 is 0 Å². The molecular formula is C16H28O3. The molecule has 0 N–H and O–H groups in total. The zero-order valence-corrected chi connectivity index (χ0v) is 12.5. The second-order valence-corrected chi connectivity index (χ2v) is 4.86. The molecule has 0 fully saturated rings. The third-order valence-electron chi connectivity index (χ3n) is 2.91. The lowest BCUT2D eigenvalue weighted by atomic mass is 10.1. The molecular weight excluding hydrogens is 240 g/mol. The normalized spacial score (nSPS) is 10.8. The fourth-order valence-corrected chi connectivity index (χ4v) is 1.91. The van der Waals surface area contributed by atoms with Gasteiger partial charge < -0.3 is 4.74 Å². The molecule has 0 radical (unpaired) electrons. The standard InChI is InChI=1S/C16H28O3/c1-3-4-5-6-7-8-9-10-11-12-13-14-16(18)19-15(2)17/h4-5H,3,6-14H2,1-2H3. The molecule has 0 aromatic heterocycles. The first-order valence-electron chi connectivity index (χ1n) is 7.53. The summed E-state index contributed by atoms with van der Waals surface area (Å²) in [7, 11) is 0. The van der Waals surface area contributed by atoms with E-state index in [-0.39, 0.29) is 0 Å². The maximum absolute atomic E-state index is 11.1. The summed E-state index contributed by atoms with van der Waals surface area (Å²) in [6, 6.07) is 0. The van der Waals surface area contributed by atoms with E-state index in [2.05, 4.69) is 23.8 Å². The average molecular weight is 268 g/mol. The van der Waals surface area contributed by atoms with Crippen molar-refractivity contribution in [3.05, 3.63) is 12.2 Å². The van der Waals surface area contributed by atoms with Crippen molar-refractivity contribution in [2.45, 2.75) is 78.1 Å². The van der Waals surface area contributed by atoms with Gasteiger partial charge in [0.2, 0.25) is 0 Å². The quantitative estimate of drug-likeness (QED) is 0.239. The summed E-state index contributed by atoms with van der Waals surface area (Å²) in [4.78, 5) is 21.6. The van der Waals surface area contributed by atoms with Crippen LogP contribution in [0, 0.1) is 0 Å². The predicted octanol–water partition coefficient (Wildman–Crippen LogP) is 4.55. The fraction of sp³-hybridized carbons (Fsp3) is 0.750. The van der Waals surface area contributed by atoms with Crippen LogP contribution in [-0.2, 0) is 14.3 Å². The number of esters is 2. The molecule has 0 heterocycles. The molecule has 0 spiro atoms. The lowest BCUT2D eigenvalue weighted by Gasteiger charge is -2.01. The molecule has 0 saturated heterocycles. The minimum atomic E-state index is -0.512. The molecule has 110 valence electrons. The molecule has 0 aliphatic carbocycles.